The van der Waals surface area contributed by atoms with Gasteiger partial charge in [-0.1, -0.05) is 13.8 Å². The van der Waals surface area contributed by atoms with Crippen molar-refractivity contribution in [2.75, 3.05) is 18.0 Å². The predicted octanol–water partition coefficient (Wildman–Crippen LogP) is 2.20. The number of hydrogen-bond donors (Lipinski definition) is 1. The molecule has 84 valence electrons. The zero-order valence-corrected chi connectivity index (χ0v) is 10.2. The minimum Gasteiger partial charge on any atom is -0.341 e. The molecule has 1 aliphatic heterocycles. The molecule has 0 aromatic carbocycles. The first-order valence-corrected chi connectivity index (χ1v) is 6.03. The summed E-state index contributed by atoms with van der Waals surface area (Å²) >= 11 is 5.22. The van der Waals surface area contributed by atoms with E-state index in [1.165, 1.54) is 6.42 Å². The number of anilines is 1. The molecule has 1 unspecified atom stereocenters. The van der Waals surface area contributed by atoms with Gasteiger partial charge in [0.2, 0.25) is 5.95 Å². The van der Waals surface area contributed by atoms with Crippen molar-refractivity contribution in [2.45, 2.75) is 33.2 Å². The molecule has 15 heavy (non-hydrogen) atoms. The van der Waals surface area contributed by atoms with E-state index in [-0.39, 0.29) is 0 Å². The van der Waals surface area contributed by atoms with Crippen molar-refractivity contribution in [1.82, 2.24) is 14.8 Å². The standard InChI is InChI=1S/C10H18N4S/c1-3-5-14-9(11-12-10(14)15)13-6-4-8(2)7-13/h8H,3-7H2,1-2H3,(H,12,15). The molecule has 1 fully saturated rings. The highest BCUT2D eigenvalue weighted by atomic mass is 32.1. The van der Waals surface area contributed by atoms with Gasteiger partial charge in [-0.15, -0.1) is 5.10 Å². The topological polar surface area (TPSA) is 36.9 Å². The van der Waals surface area contributed by atoms with E-state index in [9.17, 15) is 0 Å². The lowest BCUT2D eigenvalue weighted by Gasteiger charge is -2.17. The highest BCUT2D eigenvalue weighted by molar-refractivity contribution is 7.71. The molecule has 0 spiro atoms. The predicted molar refractivity (Wildman–Crippen MR) is 63.7 cm³/mol. The van der Waals surface area contributed by atoms with Crippen molar-refractivity contribution in [2.24, 2.45) is 5.92 Å². The van der Waals surface area contributed by atoms with Crippen LogP contribution >= 0.6 is 12.2 Å². The van der Waals surface area contributed by atoms with Crippen LogP contribution in [0, 0.1) is 10.7 Å². The van der Waals surface area contributed by atoms with E-state index in [1.54, 1.807) is 0 Å². The van der Waals surface area contributed by atoms with Crippen LogP contribution in [0.25, 0.3) is 0 Å². The summed E-state index contributed by atoms with van der Waals surface area (Å²) < 4.78 is 2.85. The number of nitrogens with one attached hydrogen (secondary N) is 1. The summed E-state index contributed by atoms with van der Waals surface area (Å²) in [7, 11) is 0. The van der Waals surface area contributed by atoms with Crippen molar-refractivity contribution >= 4 is 18.2 Å². The Balaban J connectivity index is 2.24. The van der Waals surface area contributed by atoms with Crippen LogP contribution in [0.5, 0.6) is 0 Å². The third-order valence-electron chi connectivity index (χ3n) is 2.89. The zero-order valence-electron chi connectivity index (χ0n) is 9.36. The Bertz CT molecular complexity index is 381. The quantitative estimate of drug-likeness (QED) is 0.803. The van der Waals surface area contributed by atoms with Gasteiger partial charge in [0, 0.05) is 19.6 Å². The molecule has 0 bridgehead atoms. The van der Waals surface area contributed by atoms with Crippen molar-refractivity contribution in [3.63, 3.8) is 0 Å². The molecule has 0 amide bonds. The van der Waals surface area contributed by atoms with Gasteiger partial charge in [0.15, 0.2) is 4.77 Å². The second-order valence-electron chi connectivity index (χ2n) is 4.32. The summed E-state index contributed by atoms with van der Waals surface area (Å²) in [5.74, 6) is 1.79. The molecule has 1 aromatic rings. The van der Waals surface area contributed by atoms with Crippen LogP contribution in [-0.2, 0) is 6.54 Å². The highest BCUT2D eigenvalue weighted by Gasteiger charge is 2.22. The molecule has 1 aliphatic rings. The summed E-state index contributed by atoms with van der Waals surface area (Å²) in [4.78, 5) is 2.33. The Labute approximate surface area is 95.3 Å². The average Bonchev–Trinajstić information content (AvgIpc) is 2.76. The monoisotopic (exact) mass is 226 g/mol. The number of rotatable bonds is 3. The number of nitrogens with zero attached hydrogens (tertiary/aromatic N) is 3. The number of hydrogen-bond acceptors (Lipinski definition) is 3. The van der Waals surface area contributed by atoms with Crippen LogP contribution < -0.4 is 4.90 Å². The molecule has 0 aliphatic carbocycles. The van der Waals surface area contributed by atoms with E-state index in [4.69, 9.17) is 12.2 Å². The van der Waals surface area contributed by atoms with Crippen LogP contribution in [0.4, 0.5) is 5.95 Å². The number of aromatic nitrogens is 3. The molecule has 0 saturated carbocycles. The van der Waals surface area contributed by atoms with Gasteiger partial charge in [0.05, 0.1) is 0 Å². The number of H-pyrrole nitrogens is 1. The van der Waals surface area contributed by atoms with Crippen LogP contribution in [0.15, 0.2) is 0 Å². The van der Waals surface area contributed by atoms with Crippen molar-refractivity contribution in [3.8, 4) is 0 Å². The van der Waals surface area contributed by atoms with Gasteiger partial charge >= 0.3 is 0 Å². The lowest BCUT2D eigenvalue weighted by atomic mass is 10.2. The first kappa shape index (κ1) is 10.7. The fourth-order valence-corrected chi connectivity index (χ4v) is 2.31. The summed E-state index contributed by atoms with van der Waals surface area (Å²) in [6.07, 6.45) is 2.34. The van der Waals surface area contributed by atoms with Crippen molar-refractivity contribution < 1.29 is 0 Å². The Kier molecular flexibility index (Phi) is 3.09. The summed E-state index contributed by atoms with van der Waals surface area (Å²) in [6, 6.07) is 0. The molecule has 4 nitrogen and oxygen atoms in total. The normalized spacial score (nSPS) is 21.2. The average molecular weight is 226 g/mol. The van der Waals surface area contributed by atoms with Crippen LogP contribution in [0.3, 0.4) is 0 Å². The second kappa shape index (κ2) is 4.35. The maximum absolute atomic E-state index is 5.22. The van der Waals surface area contributed by atoms with E-state index < -0.39 is 0 Å². The molecule has 0 radical (unpaired) electrons. The first-order valence-electron chi connectivity index (χ1n) is 5.62. The first-order chi connectivity index (χ1) is 7.22. The van der Waals surface area contributed by atoms with E-state index in [0.717, 1.165) is 42.7 Å². The Hall–Kier alpha value is -0.840. The fourth-order valence-electron chi connectivity index (χ4n) is 2.09. The maximum atomic E-state index is 5.22. The highest BCUT2D eigenvalue weighted by Crippen LogP contribution is 2.21. The molecule has 2 rings (SSSR count). The SMILES string of the molecule is CCCn1c(N2CCC(C)C2)n[nH]c1=S. The minimum absolute atomic E-state index is 0.742. The third kappa shape index (κ3) is 2.07. The Morgan fingerprint density at radius 2 is 2.40 bits per heavy atom. The van der Waals surface area contributed by atoms with Crippen molar-refractivity contribution in [1.29, 1.82) is 0 Å². The van der Waals surface area contributed by atoms with E-state index >= 15 is 0 Å². The van der Waals surface area contributed by atoms with Gasteiger partial charge in [-0.2, -0.15) is 0 Å². The summed E-state index contributed by atoms with van der Waals surface area (Å²) in [6.45, 7) is 7.60. The van der Waals surface area contributed by atoms with Crippen molar-refractivity contribution in [3.05, 3.63) is 4.77 Å². The number of aromatic amines is 1. The van der Waals surface area contributed by atoms with Crippen LogP contribution in [0.2, 0.25) is 0 Å². The Morgan fingerprint density at radius 1 is 1.60 bits per heavy atom. The van der Waals surface area contributed by atoms with E-state index in [0.29, 0.717) is 0 Å². The van der Waals surface area contributed by atoms with Crippen LogP contribution in [0.1, 0.15) is 26.7 Å². The largest absolute Gasteiger partial charge is 0.341 e. The van der Waals surface area contributed by atoms with Gasteiger partial charge < -0.3 is 4.90 Å². The zero-order chi connectivity index (χ0) is 10.8. The lowest BCUT2D eigenvalue weighted by Crippen LogP contribution is -2.23. The third-order valence-corrected chi connectivity index (χ3v) is 3.20. The van der Waals surface area contributed by atoms with E-state index in [2.05, 4.69) is 33.5 Å². The molecular formula is C10H18N4S. The fraction of sp³-hybridized carbons (Fsp3) is 0.800. The Morgan fingerprint density at radius 3 is 3.00 bits per heavy atom. The van der Waals surface area contributed by atoms with Gasteiger partial charge in [-0.05, 0) is 31.0 Å². The molecule has 1 atom stereocenters. The lowest BCUT2D eigenvalue weighted by molar-refractivity contribution is 0.640. The van der Waals surface area contributed by atoms with E-state index in [1.807, 2.05) is 0 Å². The maximum Gasteiger partial charge on any atom is 0.225 e. The minimum atomic E-state index is 0.742. The van der Waals surface area contributed by atoms with Gasteiger partial charge in [-0.3, -0.25) is 4.57 Å². The summed E-state index contributed by atoms with van der Waals surface area (Å²) in [5, 5.41) is 7.21. The molecule has 2 heterocycles. The molecular weight excluding hydrogens is 208 g/mol. The van der Waals surface area contributed by atoms with Gasteiger partial charge in [-0.25, -0.2) is 5.10 Å². The molecule has 1 saturated heterocycles. The summed E-state index contributed by atoms with van der Waals surface area (Å²) in [5.41, 5.74) is 0. The van der Waals surface area contributed by atoms with Gasteiger partial charge in [0.25, 0.3) is 0 Å². The molecule has 5 heteroatoms. The molecule has 1 N–H and O–H groups in total. The second-order valence-corrected chi connectivity index (χ2v) is 4.71. The smallest absolute Gasteiger partial charge is 0.225 e. The molecule has 1 aromatic heterocycles. The van der Waals surface area contributed by atoms with Crippen LogP contribution in [-0.4, -0.2) is 27.9 Å². The van der Waals surface area contributed by atoms with Gasteiger partial charge in [0.1, 0.15) is 0 Å².